The standard InChI is InChI=1S/C22H19N3O2/c1-27-18-12-10-16(11-13-18)14-23-22(26)19-7-3-5-9-21(19)25-15-17-6-2-4-8-20(17)24-25/h2-13,15H,14H2,1H3,(H,23,26). The van der Waals surface area contributed by atoms with Crippen molar-refractivity contribution in [3.8, 4) is 11.4 Å². The lowest BCUT2D eigenvalue weighted by molar-refractivity contribution is 0.0951. The first-order valence-electron chi connectivity index (χ1n) is 8.69. The lowest BCUT2D eigenvalue weighted by atomic mass is 10.1. The van der Waals surface area contributed by atoms with Gasteiger partial charge in [-0.1, -0.05) is 42.5 Å². The number of aromatic nitrogens is 2. The summed E-state index contributed by atoms with van der Waals surface area (Å²) in [5, 5.41) is 8.60. The Morgan fingerprint density at radius 2 is 1.74 bits per heavy atom. The van der Waals surface area contributed by atoms with Gasteiger partial charge in [0, 0.05) is 18.1 Å². The van der Waals surface area contributed by atoms with Gasteiger partial charge in [0.25, 0.3) is 5.91 Å². The van der Waals surface area contributed by atoms with Gasteiger partial charge < -0.3 is 10.1 Å². The average molecular weight is 357 g/mol. The summed E-state index contributed by atoms with van der Waals surface area (Å²) in [6, 6.07) is 23.0. The molecule has 1 N–H and O–H groups in total. The third-order valence-electron chi connectivity index (χ3n) is 4.42. The van der Waals surface area contributed by atoms with Gasteiger partial charge in [0.15, 0.2) is 0 Å². The Morgan fingerprint density at radius 1 is 1.00 bits per heavy atom. The van der Waals surface area contributed by atoms with Crippen LogP contribution in [0.4, 0.5) is 0 Å². The quantitative estimate of drug-likeness (QED) is 0.588. The number of carbonyl (C=O) groups is 1. The highest BCUT2D eigenvalue weighted by Gasteiger charge is 2.13. The maximum Gasteiger partial charge on any atom is 0.253 e. The van der Waals surface area contributed by atoms with Crippen LogP contribution in [0, 0.1) is 0 Å². The van der Waals surface area contributed by atoms with Crippen LogP contribution in [0.25, 0.3) is 16.6 Å². The average Bonchev–Trinajstić information content (AvgIpc) is 3.16. The van der Waals surface area contributed by atoms with Crippen molar-refractivity contribution in [1.82, 2.24) is 15.1 Å². The molecule has 0 radical (unpaired) electrons. The molecule has 0 bridgehead atoms. The molecule has 1 aromatic heterocycles. The largest absolute Gasteiger partial charge is 0.497 e. The summed E-state index contributed by atoms with van der Waals surface area (Å²) in [4.78, 5) is 12.8. The van der Waals surface area contributed by atoms with E-state index in [1.54, 1.807) is 11.8 Å². The number of amides is 1. The molecule has 0 aliphatic carbocycles. The normalized spacial score (nSPS) is 10.7. The number of rotatable bonds is 5. The smallest absolute Gasteiger partial charge is 0.253 e. The molecule has 0 spiro atoms. The van der Waals surface area contributed by atoms with Crippen LogP contribution in [-0.2, 0) is 6.54 Å². The summed E-state index contributed by atoms with van der Waals surface area (Å²) in [6.45, 7) is 0.443. The second kappa shape index (κ2) is 7.33. The third-order valence-corrected chi connectivity index (χ3v) is 4.42. The molecule has 5 nitrogen and oxygen atoms in total. The summed E-state index contributed by atoms with van der Waals surface area (Å²) >= 11 is 0. The van der Waals surface area contributed by atoms with Crippen molar-refractivity contribution in [2.75, 3.05) is 7.11 Å². The Morgan fingerprint density at radius 3 is 2.52 bits per heavy atom. The number of ether oxygens (including phenoxy) is 1. The molecule has 134 valence electrons. The lowest BCUT2D eigenvalue weighted by Crippen LogP contribution is -2.24. The second-order valence-electron chi connectivity index (χ2n) is 6.18. The number of methoxy groups -OCH3 is 1. The fourth-order valence-corrected chi connectivity index (χ4v) is 2.97. The molecule has 0 aliphatic rings. The highest BCUT2D eigenvalue weighted by atomic mass is 16.5. The van der Waals surface area contributed by atoms with Crippen molar-refractivity contribution in [3.05, 3.63) is 90.1 Å². The van der Waals surface area contributed by atoms with E-state index in [0.717, 1.165) is 27.9 Å². The fourth-order valence-electron chi connectivity index (χ4n) is 2.97. The summed E-state index contributed by atoms with van der Waals surface area (Å²) in [5.41, 5.74) is 3.23. The fraction of sp³-hybridized carbons (Fsp3) is 0.0909. The molecule has 4 aromatic rings. The first kappa shape index (κ1) is 16.8. The number of hydrogen-bond donors (Lipinski definition) is 1. The van der Waals surface area contributed by atoms with Gasteiger partial charge in [-0.15, -0.1) is 0 Å². The lowest BCUT2D eigenvalue weighted by Gasteiger charge is -2.10. The van der Waals surface area contributed by atoms with Crippen molar-refractivity contribution in [2.24, 2.45) is 0 Å². The molecule has 3 aromatic carbocycles. The molecular weight excluding hydrogens is 338 g/mol. The van der Waals surface area contributed by atoms with Gasteiger partial charge in [0.2, 0.25) is 0 Å². The Kier molecular flexibility index (Phi) is 4.58. The van der Waals surface area contributed by atoms with E-state index >= 15 is 0 Å². The molecule has 1 heterocycles. The summed E-state index contributed by atoms with van der Waals surface area (Å²) in [5.74, 6) is 0.655. The first-order chi connectivity index (χ1) is 13.2. The highest BCUT2D eigenvalue weighted by molar-refractivity contribution is 5.97. The minimum absolute atomic E-state index is 0.138. The Hall–Kier alpha value is -3.60. The Bertz CT molecular complexity index is 1050. The molecule has 1 amide bonds. The zero-order valence-corrected chi connectivity index (χ0v) is 14.9. The zero-order valence-electron chi connectivity index (χ0n) is 14.9. The number of benzene rings is 3. The number of carbonyl (C=O) groups excluding carboxylic acids is 1. The van der Waals surface area contributed by atoms with Crippen LogP contribution in [0.2, 0.25) is 0 Å². The molecule has 0 saturated carbocycles. The van der Waals surface area contributed by atoms with E-state index in [1.165, 1.54) is 0 Å². The molecule has 0 aliphatic heterocycles. The first-order valence-corrected chi connectivity index (χ1v) is 8.69. The van der Waals surface area contributed by atoms with Crippen LogP contribution in [0.1, 0.15) is 15.9 Å². The maximum atomic E-state index is 12.8. The van der Waals surface area contributed by atoms with Crippen molar-refractivity contribution in [1.29, 1.82) is 0 Å². The molecule has 0 fully saturated rings. The van der Waals surface area contributed by atoms with Crippen LogP contribution in [0.3, 0.4) is 0 Å². The highest BCUT2D eigenvalue weighted by Crippen LogP contribution is 2.19. The van der Waals surface area contributed by atoms with E-state index in [4.69, 9.17) is 4.74 Å². The van der Waals surface area contributed by atoms with Crippen molar-refractivity contribution in [2.45, 2.75) is 6.54 Å². The number of nitrogens with one attached hydrogen (secondary N) is 1. The minimum Gasteiger partial charge on any atom is -0.497 e. The van der Waals surface area contributed by atoms with Gasteiger partial charge in [-0.25, -0.2) is 4.68 Å². The summed E-state index contributed by atoms with van der Waals surface area (Å²) < 4.78 is 6.91. The van der Waals surface area contributed by atoms with Crippen LogP contribution in [0.15, 0.2) is 79.0 Å². The van der Waals surface area contributed by atoms with E-state index in [9.17, 15) is 4.79 Å². The minimum atomic E-state index is -0.138. The molecular formula is C22H19N3O2. The van der Waals surface area contributed by atoms with Gasteiger partial charge >= 0.3 is 0 Å². The van der Waals surface area contributed by atoms with Gasteiger partial charge in [-0.2, -0.15) is 5.10 Å². The van der Waals surface area contributed by atoms with E-state index in [1.807, 2.05) is 79.0 Å². The number of para-hydroxylation sites is 1. The van der Waals surface area contributed by atoms with Crippen molar-refractivity contribution in [3.63, 3.8) is 0 Å². The number of nitrogens with zero attached hydrogens (tertiary/aromatic N) is 2. The van der Waals surface area contributed by atoms with Crippen LogP contribution in [-0.4, -0.2) is 22.8 Å². The predicted molar refractivity (Wildman–Crippen MR) is 105 cm³/mol. The number of hydrogen-bond acceptors (Lipinski definition) is 3. The second-order valence-corrected chi connectivity index (χ2v) is 6.18. The van der Waals surface area contributed by atoms with Gasteiger partial charge in [-0.3, -0.25) is 4.79 Å². The maximum absolute atomic E-state index is 12.8. The van der Waals surface area contributed by atoms with E-state index < -0.39 is 0 Å². The molecule has 27 heavy (non-hydrogen) atoms. The third kappa shape index (κ3) is 3.53. The molecule has 0 atom stereocenters. The van der Waals surface area contributed by atoms with Crippen LogP contribution >= 0.6 is 0 Å². The SMILES string of the molecule is COc1ccc(CNC(=O)c2ccccc2-n2cc3ccccc3n2)cc1. The van der Waals surface area contributed by atoms with Crippen molar-refractivity contribution >= 4 is 16.8 Å². The summed E-state index contributed by atoms with van der Waals surface area (Å²) in [6.07, 6.45) is 1.94. The molecule has 0 unspecified atom stereocenters. The monoisotopic (exact) mass is 357 g/mol. The molecule has 0 saturated heterocycles. The van der Waals surface area contributed by atoms with Gasteiger partial charge in [-0.05, 0) is 35.9 Å². The van der Waals surface area contributed by atoms with E-state index in [-0.39, 0.29) is 5.91 Å². The van der Waals surface area contributed by atoms with Gasteiger partial charge in [0.1, 0.15) is 5.75 Å². The van der Waals surface area contributed by atoms with Crippen LogP contribution < -0.4 is 10.1 Å². The van der Waals surface area contributed by atoms with Gasteiger partial charge in [0.05, 0.1) is 23.9 Å². The van der Waals surface area contributed by atoms with Crippen molar-refractivity contribution < 1.29 is 9.53 Å². The number of fused-ring (bicyclic) bond motifs is 1. The Labute approximate surface area is 157 Å². The van der Waals surface area contributed by atoms with E-state index in [0.29, 0.717) is 12.1 Å². The zero-order chi connectivity index (χ0) is 18.6. The summed E-state index contributed by atoms with van der Waals surface area (Å²) in [7, 11) is 1.63. The molecule has 4 rings (SSSR count). The van der Waals surface area contributed by atoms with Crippen LogP contribution in [0.5, 0.6) is 5.75 Å². The Balaban J connectivity index is 1.57. The topological polar surface area (TPSA) is 56.1 Å². The predicted octanol–water partition coefficient (Wildman–Crippen LogP) is 3.96. The van der Waals surface area contributed by atoms with E-state index in [2.05, 4.69) is 10.4 Å². The molecule has 5 heteroatoms.